The van der Waals surface area contributed by atoms with Gasteiger partial charge in [0.2, 0.25) is 0 Å². The number of pyridine rings is 1. The molecule has 1 fully saturated rings. The lowest BCUT2D eigenvalue weighted by Crippen LogP contribution is -2.33. The molecule has 6 nitrogen and oxygen atoms in total. The SMILES string of the molecule is COC1CCC(NC(=O)c2cc(Cl)nc(NN)c2)C1. The number of aromatic nitrogens is 1. The number of rotatable bonds is 4. The summed E-state index contributed by atoms with van der Waals surface area (Å²) in [6.45, 7) is 0. The molecule has 1 saturated carbocycles. The van der Waals surface area contributed by atoms with Crippen LogP contribution in [0.5, 0.6) is 0 Å². The number of amides is 1. The van der Waals surface area contributed by atoms with Gasteiger partial charge in [0, 0.05) is 18.7 Å². The minimum Gasteiger partial charge on any atom is -0.381 e. The van der Waals surface area contributed by atoms with E-state index >= 15 is 0 Å². The van der Waals surface area contributed by atoms with E-state index in [1.54, 1.807) is 13.2 Å². The van der Waals surface area contributed by atoms with Crippen molar-refractivity contribution in [1.29, 1.82) is 0 Å². The summed E-state index contributed by atoms with van der Waals surface area (Å²) >= 11 is 5.83. The Kier molecular flexibility index (Phi) is 4.57. The van der Waals surface area contributed by atoms with Gasteiger partial charge in [-0.25, -0.2) is 10.8 Å². The smallest absolute Gasteiger partial charge is 0.251 e. The molecule has 19 heavy (non-hydrogen) atoms. The quantitative estimate of drug-likeness (QED) is 0.441. The Morgan fingerprint density at radius 2 is 2.32 bits per heavy atom. The molecular formula is C12H17ClN4O2. The minimum absolute atomic E-state index is 0.138. The first-order chi connectivity index (χ1) is 9.12. The number of anilines is 1. The van der Waals surface area contributed by atoms with Crippen LogP contribution < -0.4 is 16.6 Å². The molecule has 0 bridgehead atoms. The van der Waals surface area contributed by atoms with Crippen molar-refractivity contribution in [3.8, 4) is 0 Å². The molecule has 2 unspecified atom stereocenters. The van der Waals surface area contributed by atoms with Crippen molar-refractivity contribution in [3.63, 3.8) is 0 Å². The maximum atomic E-state index is 12.1. The van der Waals surface area contributed by atoms with Gasteiger partial charge in [-0.2, -0.15) is 0 Å². The summed E-state index contributed by atoms with van der Waals surface area (Å²) in [6.07, 6.45) is 2.95. The summed E-state index contributed by atoms with van der Waals surface area (Å²) < 4.78 is 5.28. The molecule has 1 amide bonds. The van der Waals surface area contributed by atoms with E-state index in [1.165, 1.54) is 6.07 Å². The van der Waals surface area contributed by atoms with Gasteiger partial charge in [0.15, 0.2) is 0 Å². The fourth-order valence-electron chi connectivity index (χ4n) is 2.26. The van der Waals surface area contributed by atoms with Crippen LogP contribution in [0, 0.1) is 0 Å². The van der Waals surface area contributed by atoms with Crippen LogP contribution in [0.4, 0.5) is 5.82 Å². The van der Waals surface area contributed by atoms with E-state index in [4.69, 9.17) is 22.2 Å². The first kappa shape index (κ1) is 14.0. The Balaban J connectivity index is 2.02. The van der Waals surface area contributed by atoms with Crippen molar-refractivity contribution < 1.29 is 9.53 Å². The maximum absolute atomic E-state index is 12.1. The molecule has 0 saturated heterocycles. The number of carbonyl (C=O) groups is 1. The molecule has 1 heterocycles. The van der Waals surface area contributed by atoms with E-state index in [1.807, 2.05) is 0 Å². The Bertz CT molecular complexity index is 469. The van der Waals surface area contributed by atoms with Crippen LogP contribution >= 0.6 is 11.6 Å². The first-order valence-electron chi connectivity index (χ1n) is 6.10. The van der Waals surface area contributed by atoms with Crippen LogP contribution in [0.3, 0.4) is 0 Å². The van der Waals surface area contributed by atoms with Crippen LogP contribution in [0.1, 0.15) is 29.6 Å². The van der Waals surface area contributed by atoms with Crippen LogP contribution in [-0.4, -0.2) is 30.1 Å². The van der Waals surface area contributed by atoms with Crippen LogP contribution in [0.15, 0.2) is 12.1 Å². The summed E-state index contributed by atoms with van der Waals surface area (Å²) in [5.74, 6) is 5.45. The highest BCUT2D eigenvalue weighted by molar-refractivity contribution is 6.29. The Morgan fingerprint density at radius 1 is 1.53 bits per heavy atom. The molecule has 1 aromatic rings. The highest BCUT2D eigenvalue weighted by Gasteiger charge is 2.26. The third-order valence-corrected chi connectivity index (χ3v) is 3.45. The molecule has 2 atom stereocenters. The number of hydrazine groups is 1. The highest BCUT2D eigenvalue weighted by Crippen LogP contribution is 2.22. The van der Waals surface area contributed by atoms with Crippen molar-refractivity contribution >= 4 is 23.3 Å². The average molecular weight is 285 g/mol. The molecule has 104 valence electrons. The molecule has 0 aliphatic heterocycles. The monoisotopic (exact) mass is 284 g/mol. The topological polar surface area (TPSA) is 89.3 Å². The van der Waals surface area contributed by atoms with E-state index in [0.29, 0.717) is 11.4 Å². The van der Waals surface area contributed by atoms with Crippen molar-refractivity contribution in [2.75, 3.05) is 12.5 Å². The summed E-state index contributed by atoms with van der Waals surface area (Å²) in [5, 5.41) is 3.19. The molecule has 1 aliphatic rings. The van der Waals surface area contributed by atoms with Gasteiger partial charge in [-0.05, 0) is 31.4 Å². The van der Waals surface area contributed by atoms with E-state index in [0.717, 1.165) is 19.3 Å². The van der Waals surface area contributed by atoms with E-state index in [2.05, 4.69) is 15.7 Å². The number of halogens is 1. The summed E-state index contributed by atoms with van der Waals surface area (Å²) in [4.78, 5) is 16.0. The lowest BCUT2D eigenvalue weighted by molar-refractivity contribution is 0.0915. The zero-order valence-electron chi connectivity index (χ0n) is 10.6. The van der Waals surface area contributed by atoms with Gasteiger partial charge in [-0.3, -0.25) is 4.79 Å². The number of nitrogen functional groups attached to an aromatic ring is 1. The van der Waals surface area contributed by atoms with Crippen molar-refractivity contribution in [2.24, 2.45) is 5.84 Å². The van der Waals surface area contributed by atoms with E-state index < -0.39 is 0 Å². The fourth-order valence-corrected chi connectivity index (χ4v) is 2.46. The summed E-state index contributed by atoms with van der Waals surface area (Å²) in [6, 6.07) is 3.21. The molecule has 0 aromatic carbocycles. The number of ether oxygens (including phenoxy) is 1. The number of hydrogen-bond donors (Lipinski definition) is 3. The Hall–Kier alpha value is -1.37. The molecular weight excluding hydrogens is 268 g/mol. The van der Waals surface area contributed by atoms with Crippen LogP contribution in [0.2, 0.25) is 5.15 Å². The fraction of sp³-hybridized carbons (Fsp3) is 0.500. The Morgan fingerprint density at radius 3 is 2.95 bits per heavy atom. The normalized spacial score (nSPS) is 22.3. The van der Waals surface area contributed by atoms with Gasteiger partial charge in [0.25, 0.3) is 5.91 Å². The lowest BCUT2D eigenvalue weighted by atomic mass is 10.2. The molecule has 1 aliphatic carbocycles. The second kappa shape index (κ2) is 6.18. The van der Waals surface area contributed by atoms with Crippen molar-refractivity contribution in [3.05, 3.63) is 22.8 Å². The Labute approximate surface area is 116 Å². The van der Waals surface area contributed by atoms with Crippen molar-refractivity contribution in [2.45, 2.75) is 31.4 Å². The zero-order valence-corrected chi connectivity index (χ0v) is 11.4. The van der Waals surface area contributed by atoms with Gasteiger partial charge in [0.1, 0.15) is 11.0 Å². The molecule has 1 aromatic heterocycles. The van der Waals surface area contributed by atoms with Crippen LogP contribution in [-0.2, 0) is 4.74 Å². The minimum atomic E-state index is -0.178. The van der Waals surface area contributed by atoms with Gasteiger partial charge in [-0.1, -0.05) is 11.6 Å². The zero-order chi connectivity index (χ0) is 13.8. The number of hydrogen-bond acceptors (Lipinski definition) is 5. The standard InChI is InChI=1S/C12H17ClN4O2/c1-19-9-3-2-8(6-9)15-12(18)7-4-10(13)16-11(5-7)17-14/h4-5,8-9H,2-3,6,14H2,1H3,(H,15,18)(H,16,17). The van der Waals surface area contributed by atoms with E-state index in [-0.39, 0.29) is 23.2 Å². The number of nitrogens with zero attached hydrogens (tertiary/aromatic N) is 1. The van der Waals surface area contributed by atoms with Gasteiger partial charge in [0.05, 0.1) is 6.10 Å². The van der Waals surface area contributed by atoms with E-state index in [9.17, 15) is 4.79 Å². The highest BCUT2D eigenvalue weighted by atomic mass is 35.5. The lowest BCUT2D eigenvalue weighted by Gasteiger charge is -2.13. The summed E-state index contributed by atoms with van der Waals surface area (Å²) in [7, 11) is 1.69. The molecule has 4 N–H and O–H groups in total. The molecule has 0 radical (unpaired) electrons. The van der Waals surface area contributed by atoms with Crippen molar-refractivity contribution in [1.82, 2.24) is 10.3 Å². The number of nitrogens with one attached hydrogen (secondary N) is 2. The predicted octanol–water partition coefficient (Wildman–Crippen LogP) is 1.32. The molecule has 2 rings (SSSR count). The van der Waals surface area contributed by atoms with Gasteiger partial charge >= 0.3 is 0 Å². The summed E-state index contributed by atoms with van der Waals surface area (Å²) in [5.41, 5.74) is 2.82. The predicted molar refractivity (Wildman–Crippen MR) is 73.0 cm³/mol. The molecule has 7 heteroatoms. The molecule has 0 spiro atoms. The largest absolute Gasteiger partial charge is 0.381 e. The number of methoxy groups -OCH3 is 1. The maximum Gasteiger partial charge on any atom is 0.251 e. The number of carbonyl (C=O) groups excluding carboxylic acids is 1. The second-order valence-corrected chi connectivity index (χ2v) is 4.94. The van der Waals surface area contributed by atoms with Crippen LogP contribution in [0.25, 0.3) is 0 Å². The van der Waals surface area contributed by atoms with Gasteiger partial charge in [-0.15, -0.1) is 0 Å². The number of nitrogens with two attached hydrogens (primary N) is 1. The first-order valence-corrected chi connectivity index (χ1v) is 6.48. The van der Waals surface area contributed by atoms with Gasteiger partial charge < -0.3 is 15.5 Å². The third kappa shape index (κ3) is 3.56. The average Bonchev–Trinajstić information content (AvgIpc) is 2.85. The third-order valence-electron chi connectivity index (χ3n) is 3.26. The second-order valence-electron chi connectivity index (χ2n) is 4.55.